The lowest BCUT2D eigenvalue weighted by Crippen LogP contribution is -2.70. The Bertz CT molecular complexity index is 1740. The van der Waals surface area contributed by atoms with Crippen LogP contribution in [0.1, 0.15) is 39.7 Å². The molecule has 0 bridgehead atoms. The van der Waals surface area contributed by atoms with E-state index < -0.39 is 43.1 Å². The summed E-state index contributed by atoms with van der Waals surface area (Å²) in [5.74, 6) is -0.529. The average molecular weight is 791 g/mol. The van der Waals surface area contributed by atoms with Crippen LogP contribution in [0.3, 0.4) is 0 Å². The molecule has 296 valence electrons. The number of carbonyl (C=O) groups excluding carboxylic acids is 2. The zero-order valence-corrected chi connectivity index (χ0v) is 34.4. The summed E-state index contributed by atoms with van der Waals surface area (Å²) in [6, 6.07) is 28.5. The minimum Gasteiger partial charge on any atom is -0.497 e. The number of rotatable bonds is 16. The van der Waals surface area contributed by atoms with E-state index in [0.29, 0.717) is 18.1 Å². The molecule has 6 rings (SSSR count). The number of fused-ring (bicyclic) bond motifs is 1. The summed E-state index contributed by atoms with van der Waals surface area (Å²) >= 11 is 1.62. The highest BCUT2D eigenvalue weighted by Crippen LogP contribution is 2.52. The van der Waals surface area contributed by atoms with E-state index in [4.69, 9.17) is 32.8 Å². The summed E-state index contributed by atoms with van der Waals surface area (Å²) < 4.78 is 43.1. The lowest BCUT2D eigenvalue weighted by Gasteiger charge is -2.51. The molecule has 1 N–H and O–H groups in total. The predicted molar refractivity (Wildman–Crippen MR) is 214 cm³/mol. The summed E-state index contributed by atoms with van der Waals surface area (Å²) in [5.41, 5.74) is -1.44. The molecule has 2 heterocycles. The van der Waals surface area contributed by atoms with Gasteiger partial charge in [-0.25, -0.2) is 0 Å². The molecule has 55 heavy (non-hydrogen) atoms. The lowest BCUT2D eigenvalue weighted by atomic mass is 9.70. The Morgan fingerprint density at radius 3 is 2.27 bits per heavy atom. The van der Waals surface area contributed by atoms with Crippen molar-refractivity contribution in [3.8, 4) is 5.75 Å². The van der Waals surface area contributed by atoms with Crippen LogP contribution in [-0.2, 0) is 44.3 Å². The first-order valence-corrected chi connectivity index (χ1v) is 21.9. The fourth-order valence-corrected chi connectivity index (χ4v) is 14.6. The van der Waals surface area contributed by atoms with Crippen LogP contribution >= 0.6 is 11.8 Å². The van der Waals surface area contributed by atoms with Crippen LogP contribution in [0.25, 0.3) is 0 Å². The predicted octanol–water partition coefficient (Wildman–Crippen LogP) is 5.09. The van der Waals surface area contributed by atoms with Gasteiger partial charge in [-0.3, -0.25) is 9.59 Å². The third-order valence-electron chi connectivity index (χ3n) is 11.0. The fourth-order valence-electron chi connectivity index (χ4n) is 8.08. The second-order valence-electron chi connectivity index (χ2n) is 15.6. The molecule has 0 radical (unpaired) electrons. The highest BCUT2D eigenvalue weighted by Gasteiger charge is 2.65. The maximum atomic E-state index is 14.7. The van der Waals surface area contributed by atoms with Crippen molar-refractivity contribution < 1.29 is 47.5 Å². The van der Waals surface area contributed by atoms with Gasteiger partial charge >= 0.3 is 0 Å². The van der Waals surface area contributed by atoms with E-state index in [1.54, 1.807) is 32.9 Å². The van der Waals surface area contributed by atoms with E-state index in [2.05, 4.69) is 69.3 Å². The maximum absolute atomic E-state index is 14.7. The molecule has 3 aliphatic rings. The van der Waals surface area contributed by atoms with Crippen molar-refractivity contribution in [1.82, 2.24) is 0 Å². The first kappa shape index (κ1) is 41.3. The smallest absolute Gasteiger partial charge is 0.261 e. The average Bonchev–Trinajstić information content (AvgIpc) is 3.59. The highest BCUT2D eigenvalue weighted by molar-refractivity contribution is 8.00. The van der Waals surface area contributed by atoms with E-state index in [-0.39, 0.29) is 61.6 Å². The molecule has 1 unspecified atom stereocenters. The van der Waals surface area contributed by atoms with Gasteiger partial charge in [-0.05, 0) is 39.5 Å². The molecule has 10 nitrogen and oxygen atoms in total. The van der Waals surface area contributed by atoms with Gasteiger partial charge in [-0.15, -0.1) is 0 Å². The zero-order valence-electron chi connectivity index (χ0n) is 32.6. The number of allylic oxidation sites excluding steroid dienone is 1. The highest BCUT2D eigenvalue weighted by atomic mass is 32.2. The Hall–Kier alpha value is -3.33. The number of ether oxygens (including phenoxy) is 6. The molecule has 0 amide bonds. The SMILES string of the molecule is COCCOCO[C@@H]1[C@H]2SC[C@H](O[Si](c3ccccc3)(c3ccccc3)C(C)(C)C)[C@H]2C[C@H](OCc2cccc(OC)c2)[C@]1(O)C(=O)C1=CC(=O)C(C)CO1. The van der Waals surface area contributed by atoms with Crippen molar-refractivity contribution in [3.63, 3.8) is 0 Å². The molecular formula is C43H54O10SSi. The summed E-state index contributed by atoms with van der Waals surface area (Å²) in [6.45, 7) is 9.00. The van der Waals surface area contributed by atoms with Crippen molar-refractivity contribution in [1.29, 1.82) is 0 Å². The van der Waals surface area contributed by atoms with E-state index in [1.165, 1.54) is 6.08 Å². The number of ketones is 2. The molecule has 2 aliphatic heterocycles. The maximum Gasteiger partial charge on any atom is 0.261 e. The van der Waals surface area contributed by atoms with Gasteiger partial charge < -0.3 is 38.0 Å². The van der Waals surface area contributed by atoms with E-state index in [9.17, 15) is 14.7 Å². The summed E-state index contributed by atoms with van der Waals surface area (Å²) in [7, 11) is 0.180. The van der Waals surface area contributed by atoms with Gasteiger partial charge in [0.05, 0.1) is 51.7 Å². The number of thioether (sulfide) groups is 1. The first-order chi connectivity index (χ1) is 26.4. The normalized spacial score (nSPS) is 26.9. The molecular weight excluding hydrogens is 737 g/mol. The van der Waals surface area contributed by atoms with Crippen molar-refractivity contribution in [2.45, 2.75) is 74.9 Å². The number of benzene rings is 3. The van der Waals surface area contributed by atoms with Crippen molar-refractivity contribution >= 4 is 42.0 Å². The quantitative estimate of drug-likeness (QED) is 0.119. The first-order valence-electron chi connectivity index (χ1n) is 18.9. The third kappa shape index (κ3) is 8.52. The third-order valence-corrected chi connectivity index (χ3v) is 17.6. The second-order valence-corrected chi connectivity index (χ2v) is 21.0. The van der Waals surface area contributed by atoms with Crippen LogP contribution in [0.5, 0.6) is 5.75 Å². The van der Waals surface area contributed by atoms with Gasteiger partial charge in [0.15, 0.2) is 17.1 Å². The number of Topliss-reactive ketones (excluding diaryl/α,β-unsaturated/α-hetero) is 1. The number of hydrogen-bond acceptors (Lipinski definition) is 11. The van der Waals surface area contributed by atoms with Crippen LogP contribution in [0, 0.1) is 11.8 Å². The summed E-state index contributed by atoms with van der Waals surface area (Å²) in [4.78, 5) is 27.6. The van der Waals surface area contributed by atoms with Crippen molar-refractivity contribution in [3.05, 3.63) is 102 Å². The minimum absolute atomic E-state index is 0.0304. The number of hydrogen-bond donors (Lipinski definition) is 1. The van der Waals surface area contributed by atoms with E-state index in [0.717, 1.165) is 15.9 Å². The van der Waals surface area contributed by atoms with Gasteiger partial charge in [0.25, 0.3) is 8.32 Å². The van der Waals surface area contributed by atoms with Crippen LogP contribution < -0.4 is 15.1 Å². The van der Waals surface area contributed by atoms with Crippen molar-refractivity contribution in [2.24, 2.45) is 11.8 Å². The minimum atomic E-state index is -3.00. The van der Waals surface area contributed by atoms with Crippen LogP contribution in [0.15, 0.2) is 96.8 Å². The Kier molecular flexibility index (Phi) is 13.4. The molecule has 0 spiro atoms. The monoisotopic (exact) mass is 790 g/mol. The molecule has 1 saturated heterocycles. The van der Waals surface area contributed by atoms with Gasteiger partial charge in [0.2, 0.25) is 5.78 Å². The number of carbonyl (C=O) groups is 2. The van der Waals surface area contributed by atoms with Crippen LogP contribution in [-0.4, -0.2) is 101 Å². The number of aliphatic hydroxyl groups is 1. The Labute approximate surface area is 330 Å². The Balaban J connectivity index is 1.43. The van der Waals surface area contributed by atoms with E-state index in [1.807, 2.05) is 36.4 Å². The summed E-state index contributed by atoms with van der Waals surface area (Å²) in [6.07, 6.45) is -0.971. The molecule has 3 aromatic carbocycles. The standard InChI is InChI=1S/C43H54O10SSi/c1-29-25-50-36(24-35(29)44)40(45)43(46)38(51-26-30-14-13-15-31(22-30)48-6)23-34-37(27-54-39(34)41(43)52-28-49-21-20-47-5)53-55(42(2,3)4,32-16-9-7-10-17-32)33-18-11-8-12-19-33/h7-19,22,24,29,34,37-39,41,46H,20-21,23,25-28H2,1-6H3/t29?,34-,37+,38+,39+,41-,43+/m1/s1. The Morgan fingerprint density at radius 1 is 0.964 bits per heavy atom. The van der Waals surface area contributed by atoms with Crippen LogP contribution in [0.4, 0.5) is 0 Å². The molecule has 0 aromatic heterocycles. The largest absolute Gasteiger partial charge is 0.497 e. The van der Waals surface area contributed by atoms with Gasteiger partial charge in [-0.1, -0.05) is 100 Å². The van der Waals surface area contributed by atoms with Gasteiger partial charge in [0.1, 0.15) is 18.6 Å². The van der Waals surface area contributed by atoms with Gasteiger partial charge in [-0.2, -0.15) is 11.8 Å². The molecule has 12 heteroatoms. The lowest BCUT2D eigenvalue weighted by molar-refractivity contribution is -0.229. The fraction of sp³-hybridized carbons (Fsp3) is 0.488. The molecule has 1 aliphatic carbocycles. The molecule has 1 saturated carbocycles. The van der Waals surface area contributed by atoms with E-state index >= 15 is 0 Å². The second kappa shape index (κ2) is 17.9. The van der Waals surface area contributed by atoms with Gasteiger partial charge in [0, 0.05) is 30.1 Å². The molecule has 7 atom stereocenters. The Morgan fingerprint density at radius 2 is 1.65 bits per heavy atom. The number of methoxy groups -OCH3 is 2. The topological polar surface area (TPSA) is 119 Å². The molecule has 3 aromatic rings. The molecule has 2 fully saturated rings. The van der Waals surface area contributed by atoms with Crippen molar-refractivity contribution in [2.75, 3.05) is 46.6 Å². The summed E-state index contributed by atoms with van der Waals surface area (Å²) in [5, 5.41) is 14.7. The van der Waals surface area contributed by atoms with Crippen LogP contribution in [0.2, 0.25) is 5.04 Å². The zero-order chi connectivity index (χ0) is 39.2.